The summed E-state index contributed by atoms with van der Waals surface area (Å²) in [5.41, 5.74) is 1.16. The van der Waals surface area contributed by atoms with Gasteiger partial charge in [0.05, 0.1) is 5.69 Å². The minimum absolute atomic E-state index is 0.412. The van der Waals surface area contributed by atoms with E-state index in [1.165, 1.54) is 12.8 Å². The molecule has 1 N–H and O–H groups in total. The summed E-state index contributed by atoms with van der Waals surface area (Å²) in [6.07, 6.45) is 4.48. The Morgan fingerprint density at radius 1 is 1.25 bits per heavy atom. The predicted molar refractivity (Wildman–Crippen MR) is 83.5 cm³/mol. The molecule has 5 nitrogen and oxygen atoms in total. The van der Waals surface area contributed by atoms with Crippen molar-refractivity contribution in [3.63, 3.8) is 0 Å². The summed E-state index contributed by atoms with van der Waals surface area (Å²) >= 11 is 1.63. The van der Waals surface area contributed by atoms with E-state index in [9.17, 15) is 0 Å². The van der Waals surface area contributed by atoms with E-state index >= 15 is 0 Å². The van der Waals surface area contributed by atoms with Gasteiger partial charge in [0.1, 0.15) is 5.82 Å². The standard InChI is InChI=1S/C14H23N5S/c1-18-6-8-19(9-7-18)13-10-12(11-4-3-5-15-11)16-14(17-13)20-2/h10-11,15H,3-9H2,1-2H3/t11-/m0/s1. The van der Waals surface area contributed by atoms with Crippen molar-refractivity contribution < 1.29 is 0 Å². The number of hydrogen-bond donors (Lipinski definition) is 1. The SMILES string of the molecule is CSc1nc([C@@H]2CCCN2)cc(N2CCN(C)CC2)n1. The maximum absolute atomic E-state index is 4.70. The topological polar surface area (TPSA) is 44.3 Å². The number of likely N-dealkylation sites (N-methyl/N-ethyl adjacent to an activating group) is 1. The first kappa shape index (κ1) is 14.1. The van der Waals surface area contributed by atoms with E-state index in [4.69, 9.17) is 9.97 Å². The van der Waals surface area contributed by atoms with Crippen molar-refractivity contribution in [3.05, 3.63) is 11.8 Å². The summed E-state index contributed by atoms with van der Waals surface area (Å²) in [5.74, 6) is 1.10. The number of nitrogens with zero attached hydrogens (tertiary/aromatic N) is 4. The van der Waals surface area contributed by atoms with Crippen molar-refractivity contribution >= 4 is 17.6 Å². The molecule has 3 heterocycles. The Hall–Kier alpha value is -0.850. The van der Waals surface area contributed by atoms with Crippen LogP contribution in [0.5, 0.6) is 0 Å². The van der Waals surface area contributed by atoms with Gasteiger partial charge in [-0.3, -0.25) is 0 Å². The van der Waals surface area contributed by atoms with Crippen LogP contribution in [0.2, 0.25) is 0 Å². The highest BCUT2D eigenvalue weighted by Crippen LogP contribution is 2.26. The van der Waals surface area contributed by atoms with Gasteiger partial charge in [0, 0.05) is 38.3 Å². The molecule has 2 aliphatic heterocycles. The van der Waals surface area contributed by atoms with Crippen LogP contribution in [0.4, 0.5) is 5.82 Å². The fourth-order valence-electron chi connectivity index (χ4n) is 2.83. The number of anilines is 1. The third kappa shape index (κ3) is 3.07. The zero-order valence-corrected chi connectivity index (χ0v) is 13.1. The fraction of sp³-hybridized carbons (Fsp3) is 0.714. The Morgan fingerprint density at radius 2 is 2.05 bits per heavy atom. The van der Waals surface area contributed by atoms with E-state index < -0.39 is 0 Å². The van der Waals surface area contributed by atoms with Gasteiger partial charge < -0.3 is 15.1 Å². The highest BCUT2D eigenvalue weighted by molar-refractivity contribution is 7.98. The maximum atomic E-state index is 4.70. The van der Waals surface area contributed by atoms with Crippen molar-refractivity contribution in [2.75, 3.05) is 50.9 Å². The van der Waals surface area contributed by atoms with Crippen LogP contribution in [0.1, 0.15) is 24.6 Å². The van der Waals surface area contributed by atoms with Crippen molar-refractivity contribution in [2.24, 2.45) is 0 Å². The van der Waals surface area contributed by atoms with Crippen LogP contribution in [0.3, 0.4) is 0 Å². The molecule has 20 heavy (non-hydrogen) atoms. The van der Waals surface area contributed by atoms with Gasteiger partial charge in [-0.05, 0) is 32.7 Å². The Labute approximate surface area is 125 Å². The van der Waals surface area contributed by atoms with Crippen LogP contribution >= 0.6 is 11.8 Å². The molecule has 2 aliphatic rings. The normalized spacial score (nSPS) is 24.3. The van der Waals surface area contributed by atoms with Crippen LogP contribution < -0.4 is 10.2 Å². The lowest BCUT2D eigenvalue weighted by Gasteiger charge is -2.33. The summed E-state index contributed by atoms with van der Waals surface area (Å²) in [5, 5.41) is 4.43. The van der Waals surface area contributed by atoms with Gasteiger partial charge in [-0.15, -0.1) is 0 Å². The van der Waals surface area contributed by atoms with Crippen LogP contribution in [0.15, 0.2) is 11.2 Å². The number of aromatic nitrogens is 2. The quantitative estimate of drug-likeness (QED) is 0.671. The molecule has 3 rings (SSSR count). The molecular formula is C14H23N5S. The molecule has 1 atom stereocenters. The van der Waals surface area contributed by atoms with Gasteiger partial charge in [0.2, 0.25) is 0 Å². The Balaban J connectivity index is 1.83. The predicted octanol–water partition coefficient (Wildman–Crippen LogP) is 1.37. The average Bonchev–Trinajstić information content (AvgIpc) is 3.02. The Kier molecular flexibility index (Phi) is 4.43. The first-order valence-corrected chi connectivity index (χ1v) is 8.58. The van der Waals surface area contributed by atoms with Gasteiger partial charge in [-0.2, -0.15) is 0 Å². The van der Waals surface area contributed by atoms with Crippen LogP contribution in [0.25, 0.3) is 0 Å². The number of thioether (sulfide) groups is 1. The monoisotopic (exact) mass is 293 g/mol. The average molecular weight is 293 g/mol. The largest absolute Gasteiger partial charge is 0.354 e. The molecule has 6 heteroatoms. The zero-order chi connectivity index (χ0) is 13.9. The first-order chi connectivity index (χ1) is 9.76. The minimum atomic E-state index is 0.412. The van der Waals surface area contributed by atoms with E-state index in [1.807, 2.05) is 0 Å². The van der Waals surface area contributed by atoms with Crippen LogP contribution in [0, 0.1) is 0 Å². The summed E-state index contributed by atoms with van der Waals surface area (Å²) < 4.78 is 0. The molecule has 0 amide bonds. The third-order valence-electron chi connectivity index (χ3n) is 4.14. The fourth-order valence-corrected chi connectivity index (χ4v) is 3.22. The van der Waals surface area contributed by atoms with Gasteiger partial charge in [-0.25, -0.2) is 9.97 Å². The van der Waals surface area contributed by atoms with Crippen LogP contribution in [-0.4, -0.2) is 60.9 Å². The lowest BCUT2D eigenvalue weighted by Crippen LogP contribution is -2.45. The molecule has 1 aromatic rings. The summed E-state index contributed by atoms with van der Waals surface area (Å²) in [4.78, 5) is 14.2. The molecule has 2 saturated heterocycles. The molecule has 0 aliphatic carbocycles. The van der Waals surface area contributed by atoms with Gasteiger partial charge in [-0.1, -0.05) is 11.8 Å². The third-order valence-corrected chi connectivity index (χ3v) is 4.69. The van der Waals surface area contributed by atoms with E-state index in [2.05, 4.69) is 34.5 Å². The number of nitrogens with one attached hydrogen (secondary N) is 1. The lowest BCUT2D eigenvalue weighted by atomic mass is 10.1. The second kappa shape index (κ2) is 6.28. The first-order valence-electron chi connectivity index (χ1n) is 7.36. The molecule has 0 bridgehead atoms. The molecule has 0 aromatic carbocycles. The second-order valence-corrected chi connectivity index (χ2v) is 6.35. The lowest BCUT2D eigenvalue weighted by molar-refractivity contribution is 0.311. The van der Waals surface area contributed by atoms with Gasteiger partial charge >= 0.3 is 0 Å². The van der Waals surface area contributed by atoms with E-state index in [0.717, 1.165) is 49.4 Å². The molecule has 0 spiro atoms. The van der Waals surface area contributed by atoms with E-state index in [-0.39, 0.29) is 0 Å². The molecule has 0 unspecified atom stereocenters. The van der Waals surface area contributed by atoms with Crippen LogP contribution in [-0.2, 0) is 0 Å². The smallest absolute Gasteiger partial charge is 0.189 e. The van der Waals surface area contributed by atoms with Crippen molar-refractivity contribution in [2.45, 2.75) is 24.0 Å². The Morgan fingerprint density at radius 3 is 2.70 bits per heavy atom. The van der Waals surface area contributed by atoms with Crippen molar-refractivity contribution in [3.8, 4) is 0 Å². The maximum Gasteiger partial charge on any atom is 0.189 e. The molecule has 0 saturated carbocycles. The summed E-state index contributed by atoms with van der Waals surface area (Å²) in [7, 11) is 2.18. The number of rotatable bonds is 3. The second-order valence-electron chi connectivity index (χ2n) is 5.58. The van der Waals surface area contributed by atoms with E-state index in [0.29, 0.717) is 6.04 Å². The molecule has 2 fully saturated rings. The van der Waals surface area contributed by atoms with Crippen molar-refractivity contribution in [1.29, 1.82) is 0 Å². The molecule has 0 radical (unpaired) electrons. The van der Waals surface area contributed by atoms with E-state index in [1.54, 1.807) is 11.8 Å². The zero-order valence-electron chi connectivity index (χ0n) is 12.3. The number of piperazine rings is 1. The van der Waals surface area contributed by atoms with Gasteiger partial charge in [0.25, 0.3) is 0 Å². The highest BCUT2D eigenvalue weighted by atomic mass is 32.2. The highest BCUT2D eigenvalue weighted by Gasteiger charge is 2.22. The number of hydrogen-bond acceptors (Lipinski definition) is 6. The molecule has 1 aromatic heterocycles. The summed E-state index contributed by atoms with van der Waals surface area (Å²) in [6.45, 7) is 5.43. The molecular weight excluding hydrogens is 270 g/mol. The summed E-state index contributed by atoms with van der Waals surface area (Å²) in [6, 6.07) is 2.60. The molecule has 110 valence electrons. The Bertz CT molecular complexity index is 453. The van der Waals surface area contributed by atoms with Gasteiger partial charge in [0.15, 0.2) is 5.16 Å². The minimum Gasteiger partial charge on any atom is -0.354 e. The van der Waals surface area contributed by atoms with Crippen molar-refractivity contribution in [1.82, 2.24) is 20.2 Å².